The van der Waals surface area contributed by atoms with Gasteiger partial charge in [-0.15, -0.1) is 0 Å². The van der Waals surface area contributed by atoms with Crippen molar-refractivity contribution in [3.63, 3.8) is 0 Å². The Kier molecular flexibility index (Phi) is 8.27. The molecule has 0 aliphatic carbocycles. The smallest absolute Gasteiger partial charge is 0.280 e. The number of aryl methyl sites for hydroxylation is 2. The molecule has 2 N–H and O–H groups in total. The van der Waals surface area contributed by atoms with Gasteiger partial charge in [0.15, 0.2) is 0 Å². The first kappa shape index (κ1) is 24.5. The largest absolute Gasteiger partial charge is 0.295 e. The summed E-state index contributed by atoms with van der Waals surface area (Å²) in [6.07, 6.45) is 5.70. The molecule has 0 aliphatic heterocycles. The number of aromatic nitrogens is 2. The summed E-state index contributed by atoms with van der Waals surface area (Å²) < 4.78 is 27.0. The Morgan fingerprint density at radius 3 is 2.30 bits per heavy atom. The number of unbranched alkanes of at least 4 members (excludes halogenated alkanes) is 4. The lowest BCUT2D eigenvalue weighted by Crippen LogP contribution is -2.25. The Morgan fingerprint density at radius 1 is 0.970 bits per heavy atom. The molecule has 176 valence electrons. The van der Waals surface area contributed by atoms with E-state index in [9.17, 15) is 13.2 Å². The zero-order chi connectivity index (χ0) is 23.8. The first-order valence-corrected chi connectivity index (χ1v) is 12.8. The molecule has 0 saturated heterocycles. The highest BCUT2D eigenvalue weighted by Crippen LogP contribution is 2.15. The molecule has 33 heavy (non-hydrogen) atoms. The van der Waals surface area contributed by atoms with Crippen molar-refractivity contribution in [3.05, 3.63) is 81.8 Å². The predicted molar refractivity (Wildman–Crippen MR) is 133 cm³/mol. The number of hydrogen-bond acceptors (Lipinski definition) is 4. The van der Waals surface area contributed by atoms with Gasteiger partial charge in [0, 0.05) is 5.69 Å². The molecule has 0 unspecified atom stereocenters. The van der Waals surface area contributed by atoms with Crippen LogP contribution in [0.25, 0.3) is 5.69 Å². The fourth-order valence-electron chi connectivity index (χ4n) is 3.66. The molecule has 0 saturated carbocycles. The van der Waals surface area contributed by atoms with Crippen molar-refractivity contribution in [1.29, 1.82) is 0 Å². The van der Waals surface area contributed by atoms with Crippen LogP contribution in [0.2, 0.25) is 0 Å². The summed E-state index contributed by atoms with van der Waals surface area (Å²) in [6, 6.07) is 15.8. The van der Waals surface area contributed by atoms with E-state index in [4.69, 9.17) is 0 Å². The second-order valence-electron chi connectivity index (χ2n) is 8.22. The predicted octanol–water partition coefficient (Wildman–Crippen LogP) is 4.83. The van der Waals surface area contributed by atoms with Crippen LogP contribution in [0.1, 0.15) is 62.3 Å². The van der Waals surface area contributed by atoms with Crippen molar-refractivity contribution in [1.82, 2.24) is 14.6 Å². The Bertz CT molecular complexity index is 1240. The number of H-pyrrole nitrogens is 1. The molecule has 3 rings (SSSR count). The van der Waals surface area contributed by atoms with Crippen LogP contribution in [-0.2, 0) is 10.0 Å². The van der Waals surface area contributed by atoms with Gasteiger partial charge in [0.25, 0.3) is 15.6 Å². The first-order valence-electron chi connectivity index (χ1n) is 11.4. The number of aromatic amines is 1. The fourth-order valence-corrected chi connectivity index (χ4v) is 4.49. The van der Waals surface area contributed by atoms with E-state index in [0.29, 0.717) is 29.1 Å². The van der Waals surface area contributed by atoms with Crippen LogP contribution in [0.15, 0.2) is 69.4 Å². The maximum atomic E-state index is 13.3. The minimum atomic E-state index is -3.85. The van der Waals surface area contributed by atoms with E-state index in [-0.39, 0.29) is 10.5 Å². The SMILES string of the molecule is CCCCCCC/C(=N\NS(=O)(=O)c1ccc(C)cc1)c1c(C)[nH]n(-c2ccccc2)c1=O. The van der Waals surface area contributed by atoms with Crippen molar-refractivity contribution in [2.75, 3.05) is 0 Å². The number of para-hydroxylation sites is 1. The van der Waals surface area contributed by atoms with Gasteiger partial charge in [-0.2, -0.15) is 18.4 Å². The Morgan fingerprint density at radius 2 is 1.64 bits per heavy atom. The number of hydrazone groups is 1. The Hall–Kier alpha value is -3.13. The normalized spacial score (nSPS) is 12.2. The Labute approximate surface area is 195 Å². The summed E-state index contributed by atoms with van der Waals surface area (Å²) in [7, 11) is -3.85. The Balaban J connectivity index is 1.94. The molecule has 8 heteroatoms. The zero-order valence-corrected chi connectivity index (χ0v) is 20.3. The molecule has 0 spiro atoms. The third-order valence-corrected chi connectivity index (χ3v) is 6.75. The number of rotatable bonds is 11. The van der Waals surface area contributed by atoms with E-state index in [0.717, 1.165) is 37.7 Å². The number of benzene rings is 2. The molecular weight excluding hydrogens is 436 g/mol. The molecule has 0 radical (unpaired) electrons. The van der Waals surface area contributed by atoms with E-state index in [1.165, 1.54) is 4.68 Å². The molecule has 2 aromatic carbocycles. The van der Waals surface area contributed by atoms with Crippen LogP contribution in [0.3, 0.4) is 0 Å². The average molecular weight is 469 g/mol. The summed E-state index contributed by atoms with van der Waals surface area (Å²) >= 11 is 0. The lowest BCUT2D eigenvalue weighted by molar-refractivity contribution is 0.584. The monoisotopic (exact) mass is 468 g/mol. The van der Waals surface area contributed by atoms with Crippen LogP contribution in [-0.4, -0.2) is 23.9 Å². The molecule has 7 nitrogen and oxygen atoms in total. The molecule has 0 atom stereocenters. The van der Waals surface area contributed by atoms with Crippen molar-refractivity contribution >= 4 is 15.7 Å². The van der Waals surface area contributed by atoms with Crippen molar-refractivity contribution in [2.24, 2.45) is 5.10 Å². The minimum Gasteiger partial charge on any atom is -0.295 e. The van der Waals surface area contributed by atoms with Crippen molar-refractivity contribution in [2.45, 2.75) is 64.2 Å². The molecule has 1 aromatic heterocycles. The van der Waals surface area contributed by atoms with Crippen LogP contribution in [0, 0.1) is 13.8 Å². The van der Waals surface area contributed by atoms with Gasteiger partial charge in [0.1, 0.15) is 0 Å². The van der Waals surface area contributed by atoms with Gasteiger partial charge in [-0.1, -0.05) is 68.5 Å². The zero-order valence-electron chi connectivity index (χ0n) is 19.5. The highest BCUT2D eigenvalue weighted by Gasteiger charge is 2.20. The summed E-state index contributed by atoms with van der Waals surface area (Å²) in [5, 5.41) is 7.36. The van der Waals surface area contributed by atoms with Gasteiger partial charge in [0.2, 0.25) is 0 Å². The molecular formula is C25H32N4O3S. The maximum Gasteiger partial charge on any atom is 0.280 e. The van der Waals surface area contributed by atoms with E-state index >= 15 is 0 Å². The molecule has 0 amide bonds. The van der Waals surface area contributed by atoms with Gasteiger partial charge in [0.05, 0.1) is 21.9 Å². The summed E-state index contributed by atoms with van der Waals surface area (Å²) in [6.45, 7) is 5.85. The standard InChI is InChI=1S/C25H32N4O3S/c1-4-5-6-7-11-14-23(26-28-33(31,32)22-17-15-19(2)16-18-22)24-20(3)27-29(25(24)30)21-12-9-8-10-13-21/h8-10,12-13,15-18,27-28H,4-7,11,14H2,1-3H3/b26-23+. The second-order valence-corrected chi connectivity index (χ2v) is 9.88. The molecule has 3 aromatic rings. The third kappa shape index (κ3) is 6.22. The average Bonchev–Trinajstić information content (AvgIpc) is 3.10. The molecule has 0 fully saturated rings. The van der Waals surface area contributed by atoms with E-state index < -0.39 is 10.0 Å². The van der Waals surface area contributed by atoms with E-state index in [1.807, 2.05) is 37.3 Å². The number of sulfonamides is 1. The molecule has 0 bridgehead atoms. The minimum absolute atomic E-state index is 0.131. The highest BCUT2D eigenvalue weighted by atomic mass is 32.2. The van der Waals surface area contributed by atoms with Crippen LogP contribution < -0.4 is 10.4 Å². The summed E-state index contributed by atoms with van der Waals surface area (Å²) in [5.41, 5.74) is 2.91. The van der Waals surface area contributed by atoms with Gasteiger partial charge in [-0.25, -0.2) is 4.68 Å². The maximum absolute atomic E-state index is 13.3. The van der Waals surface area contributed by atoms with Crippen LogP contribution in [0.5, 0.6) is 0 Å². The van der Waals surface area contributed by atoms with Gasteiger partial charge in [-0.05, 0) is 51.0 Å². The van der Waals surface area contributed by atoms with Gasteiger partial charge < -0.3 is 0 Å². The van der Waals surface area contributed by atoms with Crippen LogP contribution >= 0.6 is 0 Å². The second kappa shape index (κ2) is 11.1. The number of hydrogen-bond donors (Lipinski definition) is 2. The third-order valence-electron chi connectivity index (χ3n) is 5.52. The quantitative estimate of drug-likeness (QED) is 0.240. The fraction of sp³-hybridized carbons (Fsp3) is 0.360. The lowest BCUT2D eigenvalue weighted by Gasteiger charge is -2.08. The summed E-state index contributed by atoms with van der Waals surface area (Å²) in [5.74, 6) is 0. The first-order chi connectivity index (χ1) is 15.8. The number of nitrogens with one attached hydrogen (secondary N) is 2. The van der Waals surface area contributed by atoms with Gasteiger partial charge in [-0.3, -0.25) is 9.89 Å². The van der Waals surface area contributed by atoms with Crippen molar-refractivity contribution in [3.8, 4) is 5.69 Å². The molecule has 1 heterocycles. The molecule has 0 aliphatic rings. The highest BCUT2D eigenvalue weighted by molar-refractivity contribution is 7.89. The summed E-state index contributed by atoms with van der Waals surface area (Å²) in [4.78, 5) is 15.8. The van der Waals surface area contributed by atoms with E-state index in [1.54, 1.807) is 31.2 Å². The number of nitrogens with zero attached hydrogens (tertiary/aromatic N) is 2. The van der Waals surface area contributed by atoms with Gasteiger partial charge >= 0.3 is 0 Å². The van der Waals surface area contributed by atoms with Crippen LogP contribution in [0.4, 0.5) is 0 Å². The lowest BCUT2D eigenvalue weighted by atomic mass is 10.0. The topological polar surface area (TPSA) is 96.3 Å². The van der Waals surface area contributed by atoms with Crippen molar-refractivity contribution < 1.29 is 8.42 Å². The van der Waals surface area contributed by atoms with E-state index in [2.05, 4.69) is 22.0 Å².